The normalized spacial score (nSPS) is 13.3. The summed E-state index contributed by atoms with van der Waals surface area (Å²) in [6, 6.07) is 7.00. The van der Waals surface area contributed by atoms with Gasteiger partial charge in [0.15, 0.2) is 11.7 Å². The second-order valence-corrected chi connectivity index (χ2v) is 7.29. The van der Waals surface area contributed by atoms with Gasteiger partial charge in [0.2, 0.25) is 0 Å². The molecular formula is C18H19ClN2O4S. The molecule has 3 rings (SSSR count). The summed E-state index contributed by atoms with van der Waals surface area (Å²) in [5, 5.41) is 1.05. The van der Waals surface area contributed by atoms with E-state index in [2.05, 4.69) is 4.98 Å². The lowest BCUT2D eigenvalue weighted by Gasteiger charge is -2.19. The summed E-state index contributed by atoms with van der Waals surface area (Å²) in [5.74, 6) is -0.0760. The van der Waals surface area contributed by atoms with Crippen LogP contribution in [-0.4, -0.2) is 36.1 Å². The molecule has 0 aliphatic heterocycles. The highest BCUT2D eigenvalue weighted by Crippen LogP contribution is 2.35. The minimum absolute atomic E-state index is 0.103. The smallest absolute Gasteiger partial charge is 0.350 e. The van der Waals surface area contributed by atoms with Gasteiger partial charge in [-0.25, -0.2) is 9.78 Å². The zero-order chi connectivity index (χ0) is 18.7. The Morgan fingerprint density at radius 1 is 1.38 bits per heavy atom. The monoisotopic (exact) mass is 394 g/mol. The van der Waals surface area contributed by atoms with Gasteiger partial charge >= 0.3 is 5.97 Å². The van der Waals surface area contributed by atoms with E-state index in [1.165, 1.54) is 11.3 Å². The van der Waals surface area contributed by atoms with Crippen molar-refractivity contribution in [2.75, 3.05) is 18.1 Å². The van der Waals surface area contributed by atoms with Gasteiger partial charge in [0.1, 0.15) is 10.6 Å². The molecule has 1 aromatic carbocycles. The van der Waals surface area contributed by atoms with Crippen LogP contribution < -0.4 is 9.64 Å². The topological polar surface area (TPSA) is 68.7 Å². The van der Waals surface area contributed by atoms with Crippen LogP contribution in [0.3, 0.4) is 0 Å². The summed E-state index contributed by atoms with van der Waals surface area (Å²) in [4.78, 5) is 31.2. The number of hydrogen-bond donors (Lipinski definition) is 0. The largest absolute Gasteiger partial charge is 0.484 e. The molecule has 138 valence electrons. The number of carbonyl (C=O) groups is 2. The van der Waals surface area contributed by atoms with Crippen molar-refractivity contribution in [2.45, 2.75) is 32.7 Å². The minimum atomic E-state index is -0.410. The van der Waals surface area contributed by atoms with Gasteiger partial charge in [0.05, 0.1) is 12.3 Å². The molecule has 0 spiro atoms. The summed E-state index contributed by atoms with van der Waals surface area (Å²) >= 11 is 7.11. The van der Waals surface area contributed by atoms with E-state index in [1.54, 1.807) is 43.0 Å². The maximum atomic E-state index is 12.7. The summed E-state index contributed by atoms with van der Waals surface area (Å²) in [6.45, 7) is 3.67. The number of ether oxygens (including phenoxy) is 2. The van der Waals surface area contributed by atoms with Crippen molar-refractivity contribution in [1.29, 1.82) is 0 Å². The molecule has 1 aliphatic carbocycles. The van der Waals surface area contributed by atoms with Gasteiger partial charge in [0.25, 0.3) is 5.91 Å². The van der Waals surface area contributed by atoms with Crippen molar-refractivity contribution < 1.29 is 19.1 Å². The van der Waals surface area contributed by atoms with Crippen molar-refractivity contribution in [3.8, 4) is 5.75 Å². The first-order chi connectivity index (χ1) is 12.5. The molecule has 0 radical (unpaired) electrons. The molecule has 1 saturated carbocycles. The molecule has 6 nitrogen and oxygen atoms in total. The second-order valence-electron chi connectivity index (χ2n) is 5.87. The molecule has 0 atom stereocenters. The Labute approximate surface area is 160 Å². The minimum Gasteiger partial charge on any atom is -0.484 e. The van der Waals surface area contributed by atoms with Crippen molar-refractivity contribution in [2.24, 2.45) is 0 Å². The molecule has 2 aromatic rings. The van der Waals surface area contributed by atoms with Crippen molar-refractivity contribution >= 4 is 39.9 Å². The molecule has 1 fully saturated rings. The Kier molecular flexibility index (Phi) is 5.78. The molecule has 8 heteroatoms. The number of aryl methyl sites for hydroxylation is 1. The van der Waals surface area contributed by atoms with E-state index in [-0.39, 0.29) is 18.6 Å². The van der Waals surface area contributed by atoms with Gasteiger partial charge in [-0.3, -0.25) is 9.69 Å². The van der Waals surface area contributed by atoms with Crippen molar-refractivity contribution in [3.63, 3.8) is 0 Å². The standard InChI is InChI=1S/C18H19ClN2O4S/c1-3-24-17(23)16-11(2)20-18(26-16)21(13-7-8-13)15(22)10-25-14-6-4-5-12(19)9-14/h4-6,9,13H,3,7-8,10H2,1-2H3. The SMILES string of the molecule is CCOC(=O)c1sc(N(C(=O)COc2cccc(Cl)c2)C2CC2)nc1C. The number of aromatic nitrogens is 1. The third kappa shape index (κ3) is 4.34. The summed E-state index contributed by atoms with van der Waals surface area (Å²) in [5.41, 5.74) is 0.567. The third-order valence-corrected chi connectivity index (χ3v) is 5.16. The quantitative estimate of drug-likeness (QED) is 0.667. The van der Waals surface area contributed by atoms with Crippen LogP contribution in [0.2, 0.25) is 5.02 Å². The Hall–Kier alpha value is -2.12. The molecule has 1 aliphatic rings. The molecule has 0 N–H and O–H groups in total. The zero-order valence-corrected chi connectivity index (χ0v) is 16.1. The third-order valence-electron chi connectivity index (χ3n) is 3.79. The Morgan fingerprint density at radius 3 is 2.81 bits per heavy atom. The van der Waals surface area contributed by atoms with E-state index < -0.39 is 5.97 Å². The molecule has 0 saturated heterocycles. The highest BCUT2D eigenvalue weighted by molar-refractivity contribution is 7.17. The van der Waals surface area contributed by atoms with Crippen LogP contribution in [0.4, 0.5) is 5.13 Å². The number of benzene rings is 1. The number of rotatable bonds is 7. The molecule has 26 heavy (non-hydrogen) atoms. The van der Waals surface area contributed by atoms with Gasteiger partial charge in [-0.05, 0) is 44.9 Å². The van der Waals surface area contributed by atoms with Crippen LogP contribution in [0.15, 0.2) is 24.3 Å². The number of carbonyl (C=O) groups excluding carboxylic acids is 2. The maximum Gasteiger partial charge on any atom is 0.350 e. The van der Waals surface area contributed by atoms with Crippen molar-refractivity contribution in [1.82, 2.24) is 4.98 Å². The number of anilines is 1. The number of esters is 1. The number of thiazole rings is 1. The molecule has 1 aromatic heterocycles. The molecule has 1 amide bonds. The van der Waals surface area contributed by atoms with E-state index in [4.69, 9.17) is 21.1 Å². The Bertz CT molecular complexity index is 819. The van der Waals surface area contributed by atoms with Gasteiger partial charge in [0, 0.05) is 11.1 Å². The van der Waals surface area contributed by atoms with E-state index in [9.17, 15) is 9.59 Å². The van der Waals surface area contributed by atoms with E-state index in [0.717, 1.165) is 12.8 Å². The highest BCUT2D eigenvalue weighted by Gasteiger charge is 2.36. The van der Waals surface area contributed by atoms with Gasteiger partial charge in [-0.1, -0.05) is 29.0 Å². The lowest BCUT2D eigenvalue weighted by atomic mass is 10.3. The van der Waals surface area contributed by atoms with E-state index in [0.29, 0.717) is 33.1 Å². The first-order valence-corrected chi connectivity index (χ1v) is 9.54. The average Bonchev–Trinajstić information content (AvgIpc) is 3.35. The lowest BCUT2D eigenvalue weighted by molar-refractivity contribution is -0.120. The van der Waals surface area contributed by atoms with Gasteiger partial charge in [-0.15, -0.1) is 0 Å². The first-order valence-electron chi connectivity index (χ1n) is 8.34. The van der Waals surface area contributed by atoms with Crippen LogP contribution in [-0.2, 0) is 9.53 Å². The number of halogens is 1. The first kappa shape index (κ1) is 18.7. The predicted molar refractivity (Wildman–Crippen MR) is 100 cm³/mol. The maximum absolute atomic E-state index is 12.7. The molecule has 0 bridgehead atoms. The van der Waals surface area contributed by atoms with E-state index in [1.807, 2.05) is 0 Å². The lowest BCUT2D eigenvalue weighted by Crippen LogP contribution is -2.36. The fourth-order valence-corrected chi connectivity index (χ4v) is 3.67. The molecule has 1 heterocycles. The van der Waals surface area contributed by atoms with Crippen LogP contribution in [0.1, 0.15) is 35.1 Å². The highest BCUT2D eigenvalue weighted by atomic mass is 35.5. The fraction of sp³-hybridized carbons (Fsp3) is 0.389. The van der Waals surface area contributed by atoms with Crippen LogP contribution >= 0.6 is 22.9 Å². The second kappa shape index (κ2) is 8.05. The van der Waals surface area contributed by atoms with Crippen LogP contribution in [0.5, 0.6) is 5.75 Å². The number of hydrogen-bond acceptors (Lipinski definition) is 6. The van der Waals surface area contributed by atoms with Gasteiger partial charge < -0.3 is 9.47 Å². The van der Waals surface area contributed by atoms with E-state index >= 15 is 0 Å². The summed E-state index contributed by atoms with van der Waals surface area (Å²) in [7, 11) is 0. The fourth-order valence-electron chi connectivity index (χ4n) is 2.44. The average molecular weight is 395 g/mol. The number of nitrogens with zero attached hydrogens (tertiary/aromatic N) is 2. The van der Waals surface area contributed by atoms with Crippen LogP contribution in [0.25, 0.3) is 0 Å². The molecule has 0 unspecified atom stereocenters. The zero-order valence-electron chi connectivity index (χ0n) is 14.5. The predicted octanol–water partition coefficient (Wildman–Crippen LogP) is 3.86. The van der Waals surface area contributed by atoms with Gasteiger partial charge in [-0.2, -0.15) is 0 Å². The molecular weight excluding hydrogens is 376 g/mol. The Balaban J connectivity index is 1.74. The number of amides is 1. The summed E-state index contributed by atoms with van der Waals surface area (Å²) in [6.07, 6.45) is 1.83. The Morgan fingerprint density at radius 2 is 2.15 bits per heavy atom. The van der Waals surface area contributed by atoms with Crippen molar-refractivity contribution in [3.05, 3.63) is 39.9 Å². The van der Waals surface area contributed by atoms with Crippen LogP contribution in [0, 0.1) is 6.92 Å². The summed E-state index contributed by atoms with van der Waals surface area (Å²) < 4.78 is 10.6.